The van der Waals surface area contributed by atoms with E-state index < -0.39 is 0 Å². The molecule has 2 aromatic rings. The summed E-state index contributed by atoms with van der Waals surface area (Å²) in [6.07, 6.45) is 16.6. The van der Waals surface area contributed by atoms with Gasteiger partial charge in [0.2, 0.25) is 0 Å². The third-order valence-electron chi connectivity index (χ3n) is 6.17. The standard InChI is InChI=1S/C22H30N4/c1-3-9-17(10-4-1)15-21(18-11-5-2-6-12-18)24-26-22-20-14-8-7-13-19(20)16-23-25-22/h7-8,13-14,16-18H,1-6,9-12,15H2,(H,25,26)/b24-21+. The summed E-state index contributed by atoms with van der Waals surface area (Å²) in [6, 6.07) is 8.24. The second-order valence-electron chi connectivity index (χ2n) is 8.04. The third-order valence-corrected chi connectivity index (χ3v) is 6.17. The second kappa shape index (κ2) is 8.61. The maximum Gasteiger partial charge on any atom is 0.176 e. The van der Waals surface area contributed by atoms with Crippen molar-refractivity contribution in [3.8, 4) is 0 Å². The Labute approximate surface area is 156 Å². The van der Waals surface area contributed by atoms with Crippen LogP contribution in [0.25, 0.3) is 10.8 Å². The Morgan fingerprint density at radius 1 is 0.962 bits per heavy atom. The summed E-state index contributed by atoms with van der Waals surface area (Å²) >= 11 is 0. The number of anilines is 1. The van der Waals surface area contributed by atoms with Gasteiger partial charge in [-0.1, -0.05) is 75.6 Å². The molecule has 0 radical (unpaired) electrons. The Balaban J connectivity index is 1.55. The Kier molecular flexibility index (Phi) is 5.78. The molecule has 2 aliphatic carbocycles. The van der Waals surface area contributed by atoms with Crippen molar-refractivity contribution in [3.05, 3.63) is 30.5 Å². The van der Waals surface area contributed by atoms with Crippen LogP contribution in [0.5, 0.6) is 0 Å². The van der Waals surface area contributed by atoms with E-state index in [0.29, 0.717) is 5.92 Å². The lowest BCUT2D eigenvalue weighted by Gasteiger charge is -2.28. The molecule has 0 unspecified atom stereocenters. The number of aromatic nitrogens is 2. The van der Waals surface area contributed by atoms with E-state index in [1.54, 1.807) is 0 Å². The first-order valence-corrected chi connectivity index (χ1v) is 10.4. The van der Waals surface area contributed by atoms with Crippen molar-refractivity contribution in [1.82, 2.24) is 10.2 Å². The van der Waals surface area contributed by atoms with Crippen molar-refractivity contribution in [3.63, 3.8) is 0 Å². The molecule has 2 fully saturated rings. The van der Waals surface area contributed by atoms with E-state index in [1.807, 2.05) is 18.3 Å². The number of benzene rings is 1. The minimum atomic E-state index is 0.654. The molecule has 4 nitrogen and oxygen atoms in total. The molecule has 1 heterocycles. The van der Waals surface area contributed by atoms with Gasteiger partial charge in [-0.2, -0.15) is 10.2 Å². The van der Waals surface area contributed by atoms with E-state index in [4.69, 9.17) is 5.10 Å². The number of fused-ring (bicyclic) bond motifs is 1. The van der Waals surface area contributed by atoms with E-state index >= 15 is 0 Å². The molecule has 2 saturated carbocycles. The summed E-state index contributed by atoms with van der Waals surface area (Å²) in [5.41, 5.74) is 4.67. The zero-order valence-corrected chi connectivity index (χ0v) is 15.7. The lowest BCUT2D eigenvalue weighted by atomic mass is 9.79. The number of hydrazone groups is 1. The van der Waals surface area contributed by atoms with Crippen molar-refractivity contribution in [1.29, 1.82) is 0 Å². The van der Waals surface area contributed by atoms with Crippen LogP contribution in [-0.2, 0) is 0 Å². The number of nitrogens with zero attached hydrogens (tertiary/aromatic N) is 3. The third kappa shape index (κ3) is 4.22. The maximum absolute atomic E-state index is 4.93. The number of nitrogens with one attached hydrogen (secondary N) is 1. The molecule has 1 aromatic carbocycles. The van der Waals surface area contributed by atoms with Crippen LogP contribution >= 0.6 is 0 Å². The highest BCUT2D eigenvalue weighted by molar-refractivity contribution is 5.92. The summed E-state index contributed by atoms with van der Waals surface area (Å²) in [5, 5.41) is 15.6. The normalized spacial score (nSPS) is 20.4. The van der Waals surface area contributed by atoms with Crippen LogP contribution in [0.4, 0.5) is 5.82 Å². The van der Waals surface area contributed by atoms with Crippen molar-refractivity contribution in [2.45, 2.75) is 70.6 Å². The Hall–Kier alpha value is -1.97. The number of hydrogen-bond donors (Lipinski definition) is 1. The fraction of sp³-hybridized carbons (Fsp3) is 0.591. The highest BCUT2D eigenvalue weighted by Gasteiger charge is 2.23. The lowest BCUT2D eigenvalue weighted by Crippen LogP contribution is -2.23. The summed E-state index contributed by atoms with van der Waals surface area (Å²) in [7, 11) is 0. The van der Waals surface area contributed by atoms with E-state index in [-0.39, 0.29) is 0 Å². The van der Waals surface area contributed by atoms with Gasteiger partial charge in [-0.25, -0.2) is 0 Å². The topological polar surface area (TPSA) is 50.2 Å². The minimum Gasteiger partial charge on any atom is -0.259 e. The van der Waals surface area contributed by atoms with E-state index in [0.717, 1.165) is 28.9 Å². The summed E-state index contributed by atoms with van der Waals surface area (Å²) < 4.78 is 0. The Bertz CT molecular complexity index is 737. The van der Waals surface area contributed by atoms with Gasteiger partial charge in [0.05, 0.1) is 6.20 Å². The quantitative estimate of drug-likeness (QED) is 0.535. The first-order valence-electron chi connectivity index (χ1n) is 10.4. The van der Waals surface area contributed by atoms with E-state index in [9.17, 15) is 0 Å². The molecule has 1 aromatic heterocycles. The highest BCUT2D eigenvalue weighted by atomic mass is 15.3. The molecular formula is C22H30N4. The second-order valence-corrected chi connectivity index (χ2v) is 8.04. The van der Waals surface area contributed by atoms with Gasteiger partial charge >= 0.3 is 0 Å². The molecule has 4 rings (SSSR count). The van der Waals surface area contributed by atoms with Crippen LogP contribution in [0.3, 0.4) is 0 Å². The van der Waals surface area contributed by atoms with Crippen molar-refractivity contribution in [2.24, 2.45) is 16.9 Å². The highest BCUT2D eigenvalue weighted by Crippen LogP contribution is 2.32. The Morgan fingerprint density at radius 3 is 2.50 bits per heavy atom. The summed E-state index contributed by atoms with van der Waals surface area (Å²) in [4.78, 5) is 0. The van der Waals surface area contributed by atoms with Crippen LogP contribution in [0.1, 0.15) is 70.6 Å². The fourth-order valence-corrected chi connectivity index (χ4v) is 4.66. The van der Waals surface area contributed by atoms with Crippen LogP contribution in [0.15, 0.2) is 35.6 Å². The lowest BCUT2D eigenvalue weighted by molar-refractivity contribution is 0.357. The van der Waals surface area contributed by atoms with Gasteiger partial charge in [-0.15, -0.1) is 5.10 Å². The van der Waals surface area contributed by atoms with Gasteiger partial charge in [0.1, 0.15) is 0 Å². The van der Waals surface area contributed by atoms with Crippen LogP contribution in [-0.4, -0.2) is 15.9 Å². The van der Waals surface area contributed by atoms with Crippen molar-refractivity contribution >= 4 is 22.3 Å². The number of hydrogen-bond acceptors (Lipinski definition) is 4. The molecule has 0 spiro atoms. The predicted molar refractivity (Wildman–Crippen MR) is 108 cm³/mol. The molecule has 0 bridgehead atoms. The van der Waals surface area contributed by atoms with Gasteiger partial charge in [0, 0.05) is 16.5 Å². The molecular weight excluding hydrogens is 320 g/mol. The molecule has 2 aliphatic rings. The minimum absolute atomic E-state index is 0.654. The van der Waals surface area contributed by atoms with Crippen molar-refractivity contribution < 1.29 is 0 Å². The van der Waals surface area contributed by atoms with Crippen molar-refractivity contribution in [2.75, 3.05) is 5.43 Å². The molecule has 1 N–H and O–H groups in total. The molecule has 0 saturated heterocycles. The largest absolute Gasteiger partial charge is 0.259 e. The predicted octanol–water partition coefficient (Wildman–Crippen LogP) is 5.95. The van der Waals surface area contributed by atoms with Gasteiger partial charge in [-0.3, -0.25) is 5.43 Å². The molecule has 0 aliphatic heterocycles. The summed E-state index contributed by atoms with van der Waals surface area (Å²) in [5.74, 6) is 2.26. The summed E-state index contributed by atoms with van der Waals surface area (Å²) in [6.45, 7) is 0. The Morgan fingerprint density at radius 2 is 1.69 bits per heavy atom. The fourth-order valence-electron chi connectivity index (χ4n) is 4.66. The molecule has 26 heavy (non-hydrogen) atoms. The average Bonchev–Trinajstić information content (AvgIpc) is 2.72. The smallest absolute Gasteiger partial charge is 0.176 e. The molecule has 4 heteroatoms. The van der Waals surface area contributed by atoms with Gasteiger partial charge in [0.15, 0.2) is 5.82 Å². The molecule has 0 amide bonds. The first kappa shape index (κ1) is 17.4. The van der Waals surface area contributed by atoms with Crippen LogP contribution < -0.4 is 5.43 Å². The van der Waals surface area contributed by atoms with Crippen LogP contribution in [0.2, 0.25) is 0 Å². The number of rotatable bonds is 5. The average molecular weight is 351 g/mol. The maximum atomic E-state index is 4.93. The first-order chi connectivity index (χ1) is 12.9. The van der Waals surface area contributed by atoms with Gasteiger partial charge in [-0.05, 0) is 31.1 Å². The van der Waals surface area contributed by atoms with Gasteiger partial charge in [0.25, 0.3) is 0 Å². The molecule has 138 valence electrons. The van der Waals surface area contributed by atoms with E-state index in [1.165, 1.54) is 69.9 Å². The van der Waals surface area contributed by atoms with E-state index in [2.05, 4.69) is 27.8 Å². The SMILES string of the molecule is c1ccc2c(N/N=C(\CC3CCCCC3)C3CCCCC3)nncc2c1. The van der Waals surface area contributed by atoms with Gasteiger partial charge < -0.3 is 0 Å². The zero-order chi connectivity index (χ0) is 17.6. The van der Waals surface area contributed by atoms with Crippen LogP contribution in [0, 0.1) is 11.8 Å². The molecule has 0 atom stereocenters. The monoisotopic (exact) mass is 350 g/mol. The zero-order valence-electron chi connectivity index (χ0n) is 15.7.